The lowest BCUT2D eigenvalue weighted by Gasteiger charge is -2.38. The number of carbonyl (C=O) groups excluding carboxylic acids is 2. The first kappa shape index (κ1) is 24.6. The molecule has 0 saturated carbocycles. The van der Waals surface area contributed by atoms with Crippen LogP contribution in [0.15, 0.2) is 53.7 Å². The normalized spacial score (nSPS) is 18.7. The van der Waals surface area contributed by atoms with Gasteiger partial charge in [0.15, 0.2) is 0 Å². The Bertz CT molecular complexity index is 1100. The van der Waals surface area contributed by atoms with Gasteiger partial charge < -0.3 is 25.0 Å². The smallest absolute Gasteiger partial charge is 0.338 e. The average Bonchev–Trinajstić information content (AvgIpc) is 2.86. The number of nitrogens with one attached hydrogen (secondary N) is 2. The van der Waals surface area contributed by atoms with E-state index in [1.807, 2.05) is 24.3 Å². The fourth-order valence-electron chi connectivity index (χ4n) is 4.69. The molecule has 1 atom stereocenters. The number of hydrogen-bond donors (Lipinski definition) is 2. The van der Waals surface area contributed by atoms with Gasteiger partial charge in [-0.3, -0.25) is 4.90 Å². The lowest BCUT2D eigenvalue weighted by Crippen LogP contribution is -2.52. The molecule has 2 aromatic rings. The second-order valence-electron chi connectivity index (χ2n) is 8.90. The number of hydrogen-bond acceptors (Lipinski definition) is 6. The molecule has 0 bridgehead atoms. The maximum Gasteiger partial charge on any atom is 0.338 e. The third-order valence-electron chi connectivity index (χ3n) is 6.77. The Labute approximate surface area is 206 Å². The summed E-state index contributed by atoms with van der Waals surface area (Å²) < 4.78 is 10.6. The lowest BCUT2D eigenvalue weighted by atomic mass is 9.94. The van der Waals surface area contributed by atoms with Crippen LogP contribution in [0.2, 0.25) is 0 Å². The fourth-order valence-corrected chi connectivity index (χ4v) is 4.69. The number of urea groups is 1. The van der Waals surface area contributed by atoms with E-state index in [0.717, 1.165) is 31.7 Å². The van der Waals surface area contributed by atoms with Crippen molar-refractivity contribution in [2.45, 2.75) is 26.8 Å². The summed E-state index contributed by atoms with van der Waals surface area (Å²) in [6.45, 7) is 10.2. The summed E-state index contributed by atoms with van der Waals surface area (Å²) in [7, 11) is 1.60. The van der Waals surface area contributed by atoms with Crippen molar-refractivity contribution in [1.29, 1.82) is 0 Å². The molecule has 4 rings (SSSR count). The number of amides is 2. The van der Waals surface area contributed by atoms with Gasteiger partial charge in [0.05, 0.1) is 25.3 Å². The monoisotopic (exact) mass is 478 g/mol. The number of esters is 1. The molecule has 35 heavy (non-hydrogen) atoms. The van der Waals surface area contributed by atoms with E-state index < -0.39 is 12.0 Å². The summed E-state index contributed by atoms with van der Waals surface area (Å²) >= 11 is 0. The van der Waals surface area contributed by atoms with Crippen LogP contribution in [0, 0.1) is 13.8 Å². The van der Waals surface area contributed by atoms with Gasteiger partial charge in [-0.2, -0.15) is 0 Å². The summed E-state index contributed by atoms with van der Waals surface area (Å²) in [6.07, 6.45) is 0. The van der Waals surface area contributed by atoms with Crippen LogP contribution in [0.3, 0.4) is 0 Å². The molecule has 8 nitrogen and oxygen atoms in total. The molecule has 2 aliphatic rings. The second-order valence-corrected chi connectivity index (χ2v) is 8.90. The van der Waals surface area contributed by atoms with Crippen molar-refractivity contribution in [3.05, 3.63) is 70.4 Å². The van der Waals surface area contributed by atoms with Crippen molar-refractivity contribution >= 4 is 17.7 Å². The molecule has 186 valence electrons. The van der Waals surface area contributed by atoms with Crippen LogP contribution in [-0.2, 0) is 9.53 Å². The molecule has 2 N–H and O–H groups in total. The number of rotatable bonds is 7. The van der Waals surface area contributed by atoms with E-state index in [4.69, 9.17) is 9.47 Å². The van der Waals surface area contributed by atoms with Crippen LogP contribution in [0.25, 0.3) is 0 Å². The Balaban J connectivity index is 1.56. The minimum absolute atomic E-state index is 0.257. The largest absolute Gasteiger partial charge is 0.497 e. The number of benzene rings is 2. The molecule has 2 amide bonds. The van der Waals surface area contributed by atoms with Crippen LogP contribution in [-0.4, -0.2) is 63.3 Å². The Morgan fingerprint density at radius 2 is 1.77 bits per heavy atom. The van der Waals surface area contributed by atoms with Crippen LogP contribution in [0.4, 0.5) is 10.5 Å². The average molecular weight is 479 g/mol. The first-order valence-corrected chi connectivity index (χ1v) is 12.1. The van der Waals surface area contributed by atoms with Crippen LogP contribution >= 0.6 is 0 Å². The second kappa shape index (κ2) is 10.8. The summed E-state index contributed by atoms with van der Waals surface area (Å²) in [5.41, 5.74) is 5.69. The van der Waals surface area contributed by atoms with Gasteiger partial charge in [0, 0.05) is 44.1 Å². The molecule has 0 spiro atoms. The molecule has 0 unspecified atom stereocenters. The van der Waals surface area contributed by atoms with E-state index in [2.05, 4.69) is 52.5 Å². The predicted octanol–water partition coefficient (Wildman–Crippen LogP) is 3.31. The number of methoxy groups -OCH3 is 1. The van der Waals surface area contributed by atoms with Gasteiger partial charge in [-0.05, 0) is 55.7 Å². The zero-order valence-electron chi connectivity index (χ0n) is 20.9. The maximum absolute atomic E-state index is 13.0. The third kappa shape index (κ3) is 5.43. The molecule has 2 aromatic carbocycles. The van der Waals surface area contributed by atoms with Gasteiger partial charge in [0.25, 0.3) is 0 Å². The minimum Gasteiger partial charge on any atom is -0.497 e. The van der Waals surface area contributed by atoms with Crippen molar-refractivity contribution in [2.24, 2.45) is 0 Å². The highest BCUT2D eigenvalue weighted by Crippen LogP contribution is 2.30. The van der Waals surface area contributed by atoms with Crippen molar-refractivity contribution in [3.63, 3.8) is 0 Å². The number of piperazine rings is 1. The minimum atomic E-state index is -0.597. The number of ether oxygens (including phenoxy) is 2. The van der Waals surface area contributed by atoms with Gasteiger partial charge in [-0.25, -0.2) is 9.59 Å². The van der Waals surface area contributed by atoms with Crippen LogP contribution in [0.5, 0.6) is 5.75 Å². The first-order valence-electron chi connectivity index (χ1n) is 12.1. The van der Waals surface area contributed by atoms with Crippen molar-refractivity contribution in [1.82, 2.24) is 15.5 Å². The van der Waals surface area contributed by atoms with Crippen molar-refractivity contribution in [3.8, 4) is 5.75 Å². The van der Waals surface area contributed by atoms with Crippen molar-refractivity contribution in [2.75, 3.05) is 51.3 Å². The topological polar surface area (TPSA) is 83.1 Å². The molecular weight excluding hydrogens is 444 g/mol. The molecule has 1 fully saturated rings. The summed E-state index contributed by atoms with van der Waals surface area (Å²) in [6, 6.07) is 12.8. The SMILES string of the molecule is CCOC(=O)C1=C(CN2CCN(c3cccc(C)c3C)CC2)NC(=O)N[C@H]1c1ccc(OC)cc1. The fraction of sp³-hybridized carbons (Fsp3) is 0.407. The summed E-state index contributed by atoms with van der Waals surface area (Å²) in [4.78, 5) is 30.3. The number of anilines is 1. The standard InChI is InChI=1S/C27H34N4O4/c1-5-35-26(32)24-22(28-27(33)29-25(24)20-9-11-21(34-4)12-10-20)17-30-13-15-31(16-14-30)23-8-6-7-18(2)19(23)3/h6-12,25H,5,13-17H2,1-4H3,(H2,28,29,33)/t25-/m0/s1. The van der Waals surface area contributed by atoms with Crippen molar-refractivity contribution < 1.29 is 19.1 Å². The highest BCUT2D eigenvalue weighted by atomic mass is 16.5. The van der Waals surface area contributed by atoms with E-state index in [1.54, 1.807) is 14.0 Å². The molecule has 1 saturated heterocycles. The number of carbonyl (C=O) groups is 2. The Morgan fingerprint density at radius 3 is 2.43 bits per heavy atom. The highest BCUT2D eigenvalue weighted by Gasteiger charge is 2.34. The molecule has 0 aliphatic carbocycles. The van der Waals surface area contributed by atoms with E-state index in [1.165, 1.54) is 16.8 Å². The maximum atomic E-state index is 13.0. The van der Waals surface area contributed by atoms with Gasteiger partial charge in [-0.1, -0.05) is 24.3 Å². The number of aryl methyl sites for hydroxylation is 1. The Morgan fingerprint density at radius 1 is 1.06 bits per heavy atom. The van der Waals surface area contributed by atoms with Crippen LogP contribution < -0.4 is 20.3 Å². The zero-order valence-corrected chi connectivity index (χ0v) is 20.9. The quantitative estimate of drug-likeness (QED) is 0.594. The predicted molar refractivity (Wildman–Crippen MR) is 136 cm³/mol. The van der Waals surface area contributed by atoms with E-state index in [-0.39, 0.29) is 12.6 Å². The third-order valence-corrected chi connectivity index (χ3v) is 6.77. The molecular formula is C27H34N4O4. The number of nitrogens with zero attached hydrogens (tertiary/aromatic N) is 2. The van der Waals surface area contributed by atoms with Gasteiger partial charge in [-0.15, -0.1) is 0 Å². The zero-order chi connectivity index (χ0) is 24.9. The first-order chi connectivity index (χ1) is 16.9. The van der Waals surface area contributed by atoms with E-state index >= 15 is 0 Å². The highest BCUT2D eigenvalue weighted by molar-refractivity contribution is 5.95. The molecule has 2 aliphatic heterocycles. The van der Waals surface area contributed by atoms with Gasteiger partial charge in [0.2, 0.25) is 0 Å². The molecule has 2 heterocycles. The summed E-state index contributed by atoms with van der Waals surface area (Å²) in [5.74, 6) is 0.280. The Hall–Kier alpha value is -3.52. The Kier molecular flexibility index (Phi) is 7.60. The van der Waals surface area contributed by atoms with Crippen LogP contribution in [0.1, 0.15) is 29.7 Å². The van der Waals surface area contributed by atoms with Gasteiger partial charge in [0.1, 0.15) is 5.75 Å². The summed E-state index contributed by atoms with van der Waals surface area (Å²) in [5, 5.41) is 5.77. The lowest BCUT2D eigenvalue weighted by molar-refractivity contribution is -0.139. The molecule has 8 heteroatoms. The molecule has 0 radical (unpaired) electrons. The molecule has 0 aromatic heterocycles. The van der Waals surface area contributed by atoms with E-state index in [9.17, 15) is 9.59 Å². The van der Waals surface area contributed by atoms with E-state index in [0.29, 0.717) is 23.6 Å². The van der Waals surface area contributed by atoms with Gasteiger partial charge >= 0.3 is 12.0 Å².